The molecule has 0 atom stereocenters. The van der Waals surface area contributed by atoms with Gasteiger partial charge in [-0.05, 0) is 37.0 Å². The molecule has 1 N–H and O–H groups in total. The van der Waals surface area contributed by atoms with Gasteiger partial charge in [0.1, 0.15) is 11.4 Å². The predicted octanol–water partition coefficient (Wildman–Crippen LogP) is 3.65. The Morgan fingerprint density at radius 2 is 2.07 bits per heavy atom. The summed E-state index contributed by atoms with van der Waals surface area (Å²) in [6, 6.07) is 6.74. The van der Waals surface area contributed by atoms with Gasteiger partial charge >= 0.3 is 0 Å². The van der Waals surface area contributed by atoms with Crippen molar-refractivity contribution in [3.8, 4) is 11.6 Å². The van der Waals surface area contributed by atoms with Crippen LogP contribution < -0.4 is 14.8 Å². The van der Waals surface area contributed by atoms with E-state index in [4.69, 9.17) is 32.7 Å². The van der Waals surface area contributed by atoms with Crippen molar-refractivity contribution in [3.63, 3.8) is 0 Å². The first-order chi connectivity index (χ1) is 14.0. The topological polar surface area (TPSA) is 80.8 Å². The van der Waals surface area contributed by atoms with Gasteiger partial charge in [0.25, 0.3) is 11.8 Å². The molecule has 2 aliphatic heterocycles. The Labute approximate surface area is 177 Å². The number of nitrogens with zero attached hydrogens (tertiary/aromatic N) is 2. The van der Waals surface area contributed by atoms with Crippen molar-refractivity contribution in [1.29, 1.82) is 0 Å². The number of piperidine rings is 1. The predicted molar refractivity (Wildman–Crippen MR) is 109 cm³/mol. The molecule has 0 saturated carbocycles. The Balaban J connectivity index is 1.32. The fraction of sp³-hybridized carbons (Fsp3) is 0.350. The van der Waals surface area contributed by atoms with Gasteiger partial charge in [-0.2, -0.15) is 0 Å². The van der Waals surface area contributed by atoms with E-state index < -0.39 is 0 Å². The monoisotopic (exact) mass is 435 g/mol. The fourth-order valence-corrected chi connectivity index (χ4v) is 3.71. The summed E-state index contributed by atoms with van der Waals surface area (Å²) in [6.07, 6.45) is 3.12. The van der Waals surface area contributed by atoms with Gasteiger partial charge in [-0.15, -0.1) is 0 Å². The molecule has 0 bridgehead atoms. The van der Waals surface area contributed by atoms with Crippen molar-refractivity contribution in [1.82, 2.24) is 9.88 Å². The van der Waals surface area contributed by atoms with Crippen LogP contribution in [0.2, 0.25) is 10.0 Å². The summed E-state index contributed by atoms with van der Waals surface area (Å²) in [6.45, 7) is 1.70. The van der Waals surface area contributed by atoms with Crippen molar-refractivity contribution in [2.75, 3.05) is 31.6 Å². The van der Waals surface area contributed by atoms with Crippen LogP contribution in [0.5, 0.6) is 11.6 Å². The second-order valence-electron chi connectivity index (χ2n) is 7.03. The van der Waals surface area contributed by atoms with E-state index in [1.165, 1.54) is 6.20 Å². The lowest BCUT2D eigenvalue weighted by Gasteiger charge is -2.32. The highest BCUT2D eigenvalue weighted by Crippen LogP contribution is 2.30. The number of nitrogens with one attached hydrogen (secondary N) is 1. The number of hydrogen-bond acceptors (Lipinski definition) is 5. The molecular formula is C20H19Cl2N3O4. The SMILES string of the molecule is O=C1COc2ncc(C(=O)N3CCC(COc4cc(Cl)ccc4Cl)CC3)cc2N1. The molecule has 0 aliphatic carbocycles. The van der Waals surface area contributed by atoms with Gasteiger partial charge < -0.3 is 19.7 Å². The maximum Gasteiger partial charge on any atom is 0.262 e. The van der Waals surface area contributed by atoms with E-state index in [0.29, 0.717) is 58.5 Å². The molecule has 9 heteroatoms. The number of halogens is 2. The molecule has 1 aromatic heterocycles. The van der Waals surface area contributed by atoms with Crippen LogP contribution in [-0.2, 0) is 4.79 Å². The third-order valence-electron chi connectivity index (χ3n) is 4.98. The van der Waals surface area contributed by atoms with E-state index in [1.807, 2.05) is 0 Å². The number of fused-ring (bicyclic) bond motifs is 1. The molecule has 0 radical (unpaired) electrons. The van der Waals surface area contributed by atoms with Crippen molar-refractivity contribution >= 4 is 40.7 Å². The number of rotatable bonds is 4. The molecule has 1 saturated heterocycles. The van der Waals surface area contributed by atoms with Crippen LogP contribution in [-0.4, -0.2) is 48.0 Å². The summed E-state index contributed by atoms with van der Waals surface area (Å²) in [7, 11) is 0. The number of anilines is 1. The number of amides is 2. The minimum absolute atomic E-state index is 0.0662. The molecule has 1 aromatic carbocycles. The molecule has 0 unspecified atom stereocenters. The van der Waals surface area contributed by atoms with Crippen LogP contribution in [0.3, 0.4) is 0 Å². The highest BCUT2D eigenvalue weighted by atomic mass is 35.5. The minimum atomic E-state index is -0.260. The van der Waals surface area contributed by atoms with Gasteiger partial charge in [0, 0.05) is 30.4 Å². The Hall–Kier alpha value is -2.51. The smallest absolute Gasteiger partial charge is 0.262 e. The number of hydrogen-bond donors (Lipinski definition) is 1. The quantitative estimate of drug-likeness (QED) is 0.792. The fourth-order valence-electron chi connectivity index (χ4n) is 3.37. The highest BCUT2D eigenvalue weighted by molar-refractivity contribution is 6.34. The molecule has 152 valence electrons. The van der Waals surface area contributed by atoms with Gasteiger partial charge in [-0.1, -0.05) is 23.2 Å². The number of ether oxygens (including phenoxy) is 2. The van der Waals surface area contributed by atoms with E-state index >= 15 is 0 Å². The van der Waals surface area contributed by atoms with Crippen LogP contribution in [0.15, 0.2) is 30.5 Å². The van der Waals surface area contributed by atoms with Crippen LogP contribution in [0.25, 0.3) is 0 Å². The van der Waals surface area contributed by atoms with E-state index in [2.05, 4.69) is 10.3 Å². The molecule has 29 heavy (non-hydrogen) atoms. The summed E-state index contributed by atoms with van der Waals surface area (Å²) < 4.78 is 11.1. The lowest BCUT2D eigenvalue weighted by atomic mass is 9.97. The Morgan fingerprint density at radius 1 is 1.28 bits per heavy atom. The third-order valence-corrected chi connectivity index (χ3v) is 5.53. The second kappa shape index (κ2) is 8.47. The first-order valence-corrected chi connectivity index (χ1v) is 10.0. The van der Waals surface area contributed by atoms with Crippen LogP contribution in [0.4, 0.5) is 5.69 Å². The van der Waals surface area contributed by atoms with Gasteiger partial charge in [0.15, 0.2) is 6.61 Å². The molecule has 3 heterocycles. The standard InChI is InChI=1S/C20H19Cl2N3O4/c21-14-1-2-15(22)17(8-14)28-10-12-3-5-25(6-4-12)20(27)13-7-16-19(23-9-13)29-11-18(26)24-16/h1-2,7-9,12H,3-6,10-11H2,(H,24,26). The maximum atomic E-state index is 12.8. The molecule has 1 fully saturated rings. The van der Waals surface area contributed by atoms with Crippen LogP contribution >= 0.6 is 23.2 Å². The highest BCUT2D eigenvalue weighted by Gasteiger charge is 2.26. The second-order valence-corrected chi connectivity index (χ2v) is 7.88. The molecule has 7 nitrogen and oxygen atoms in total. The van der Waals surface area contributed by atoms with Gasteiger partial charge in [0.2, 0.25) is 5.88 Å². The largest absolute Gasteiger partial charge is 0.492 e. The zero-order valence-electron chi connectivity index (χ0n) is 15.5. The van der Waals surface area contributed by atoms with E-state index in [-0.39, 0.29) is 18.4 Å². The zero-order chi connectivity index (χ0) is 20.4. The van der Waals surface area contributed by atoms with Crippen LogP contribution in [0.1, 0.15) is 23.2 Å². The number of pyridine rings is 1. The number of aromatic nitrogens is 1. The number of carbonyl (C=O) groups excluding carboxylic acids is 2. The Morgan fingerprint density at radius 3 is 2.86 bits per heavy atom. The summed E-state index contributed by atoms with van der Waals surface area (Å²) in [4.78, 5) is 30.2. The minimum Gasteiger partial charge on any atom is -0.492 e. The molecule has 2 amide bonds. The first kappa shape index (κ1) is 19.8. The number of likely N-dealkylation sites (tertiary alicyclic amines) is 1. The lowest BCUT2D eigenvalue weighted by molar-refractivity contribution is -0.118. The molecule has 2 aliphatic rings. The number of benzene rings is 1. The summed E-state index contributed by atoms with van der Waals surface area (Å²) in [5.41, 5.74) is 0.851. The van der Waals surface area contributed by atoms with Gasteiger partial charge in [-0.3, -0.25) is 9.59 Å². The zero-order valence-corrected chi connectivity index (χ0v) is 17.0. The molecule has 4 rings (SSSR count). The normalized spacial score (nSPS) is 16.6. The summed E-state index contributed by atoms with van der Waals surface area (Å²) in [5.74, 6) is 0.851. The van der Waals surface area contributed by atoms with E-state index in [0.717, 1.165) is 12.8 Å². The van der Waals surface area contributed by atoms with Crippen molar-refractivity contribution < 1.29 is 19.1 Å². The Bertz CT molecular complexity index is 945. The average Bonchev–Trinajstić information content (AvgIpc) is 2.73. The van der Waals surface area contributed by atoms with Crippen molar-refractivity contribution in [2.24, 2.45) is 5.92 Å². The van der Waals surface area contributed by atoms with Crippen molar-refractivity contribution in [2.45, 2.75) is 12.8 Å². The number of carbonyl (C=O) groups is 2. The maximum absolute atomic E-state index is 12.8. The van der Waals surface area contributed by atoms with Gasteiger partial charge in [0.05, 0.1) is 17.2 Å². The van der Waals surface area contributed by atoms with E-state index in [1.54, 1.807) is 29.2 Å². The van der Waals surface area contributed by atoms with Crippen LogP contribution in [0, 0.1) is 5.92 Å². The molecule has 2 aromatic rings. The average molecular weight is 436 g/mol. The third kappa shape index (κ3) is 4.57. The summed E-state index contributed by atoms with van der Waals surface area (Å²) >= 11 is 12.1. The molecule has 0 spiro atoms. The van der Waals surface area contributed by atoms with E-state index in [9.17, 15) is 9.59 Å². The van der Waals surface area contributed by atoms with Crippen molar-refractivity contribution in [3.05, 3.63) is 46.1 Å². The lowest BCUT2D eigenvalue weighted by Crippen LogP contribution is -2.39. The Kier molecular flexibility index (Phi) is 5.78. The van der Waals surface area contributed by atoms with Gasteiger partial charge in [-0.25, -0.2) is 4.98 Å². The first-order valence-electron chi connectivity index (χ1n) is 9.29. The molecular weight excluding hydrogens is 417 g/mol. The summed E-state index contributed by atoms with van der Waals surface area (Å²) in [5, 5.41) is 3.77.